The van der Waals surface area contributed by atoms with Crippen molar-refractivity contribution < 1.29 is 4.79 Å². The molecule has 24 heavy (non-hydrogen) atoms. The predicted molar refractivity (Wildman–Crippen MR) is 96.8 cm³/mol. The first kappa shape index (κ1) is 17.0. The van der Waals surface area contributed by atoms with Crippen LogP contribution >= 0.6 is 0 Å². The number of nitrogens with one attached hydrogen (secondary N) is 1. The number of hydrogen-bond donors (Lipinski definition) is 1. The van der Waals surface area contributed by atoms with E-state index in [-0.39, 0.29) is 5.91 Å². The molecule has 1 atom stereocenters. The van der Waals surface area contributed by atoms with Gasteiger partial charge in [0, 0.05) is 24.9 Å². The fourth-order valence-corrected chi connectivity index (χ4v) is 3.75. The van der Waals surface area contributed by atoms with E-state index in [1.54, 1.807) is 0 Å². The summed E-state index contributed by atoms with van der Waals surface area (Å²) < 4.78 is 1.88. The number of piperidine rings is 1. The van der Waals surface area contributed by atoms with Crippen molar-refractivity contribution in [3.63, 3.8) is 0 Å². The van der Waals surface area contributed by atoms with Crippen LogP contribution in [0, 0.1) is 0 Å². The summed E-state index contributed by atoms with van der Waals surface area (Å²) in [6.45, 7) is 5.15. The molecule has 0 radical (unpaired) electrons. The van der Waals surface area contributed by atoms with Gasteiger partial charge in [-0.3, -0.25) is 9.48 Å². The summed E-state index contributed by atoms with van der Waals surface area (Å²) in [5.74, 6) is 0.105. The summed E-state index contributed by atoms with van der Waals surface area (Å²) in [5, 5.41) is 8.97. The van der Waals surface area contributed by atoms with E-state index < -0.39 is 5.54 Å². The van der Waals surface area contributed by atoms with Gasteiger partial charge in [0.25, 0.3) is 0 Å². The van der Waals surface area contributed by atoms with Crippen LogP contribution in [0.1, 0.15) is 45.2 Å². The monoisotopic (exact) mass is 328 g/mol. The molecule has 0 aliphatic carbocycles. The molecule has 2 aromatic rings. The maximum atomic E-state index is 12.6. The van der Waals surface area contributed by atoms with Gasteiger partial charge in [0.1, 0.15) is 0 Å². The molecule has 0 saturated carbocycles. The predicted octanol–water partition coefficient (Wildman–Crippen LogP) is 2.80. The second kappa shape index (κ2) is 6.55. The summed E-state index contributed by atoms with van der Waals surface area (Å²) in [6.07, 6.45) is 4.12. The summed E-state index contributed by atoms with van der Waals surface area (Å²) >= 11 is 0. The highest BCUT2D eigenvalue weighted by Crippen LogP contribution is 2.28. The van der Waals surface area contributed by atoms with Gasteiger partial charge in [-0.15, -0.1) is 0 Å². The van der Waals surface area contributed by atoms with Gasteiger partial charge in [-0.05, 0) is 46.3 Å². The lowest BCUT2D eigenvalue weighted by Gasteiger charge is -2.33. The minimum Gasteiger partial charge on any atom is -0.345 e. The molecule has 1 aromatic carbocycles. The average molecular weight is 328 g/mol. The van der Waals surface area contributed by atoms with Crippen molar-refractivity contribution in [2.45, 2.75) is 51.1 Å². The highest BCUT2D eigenvalue weighted by atomic mass is 16.1. The van der Waals surface area contributed by atoms with E-state index in [2.05, 4.69) is 34.5 Å². The molecule has 1 aliphatic heterocycles. The zero-order valence-corrected chi connectivity index (χ0v) is 15.2. The molecule has 0 bridgehead atoms. The van der Waals surface area contributed by atoms with Crippen molar-refractivity contribution in [3.05, 3.63) is 30.0 Å². The number of likely N-dealkylation sites (tertiary alicyclic amines) is 1. The molecular weight excluding hydrogens is 300 g/mol. The summed E-state index contributed by atoms with van der Waals surface area (Å²) in [5.41, 5.74) is 1.51. The van der Waals surface area contributed by atoms with Crippen molar-refractivity contribution in [1.82, 2.24) is 20.0 Å². The molecule has 1 aliphatic rings. The smallest absolute Gasteiger partial charge is 0.222 e. The van der Waals surface area contributed by atoms with Gasteiger partial charge in [-0.1, -0.05) is 24.6 Å². The quantitative estimate of drug-likeness (QED) is 0.939. The fourth-order valence-electron chi connectivity index (χ4n) is 3.75. The van der Waals surface area contributed by atoms with Crippen molar-refractivity contribution in [3.8, 4) is 0 Å². The fraction of sp³-hybridized carbons (Fsp3) is 0.579. The van der Waals surface area contributed by atoms with E-state index in [0.717, 1.165) is 29.6 Å². The maximum Gasteiger partial charge on any atom is 0.222 e. The van der Waals surface area contributed by atoms with Gasteiger partial charge >= 0.3 is 0 Å². The van der Waals surface area contributed by atoms with Crippen LogP contribution in [-0.2, 0) is 17.4 Å². The van der Waals surface area contributed by atoms with Gasteiger partial charge in [0.15, 0.2) is 0 Å². The number of hydrogen-bond acceptors (Lipinski definition) is 3. The van der Waals surface area contributed by atoms with Crippen molar-refractivity contribution in [2.24, 2.45) is 7.05 Å². The number of nitrogens with zero attached hydrogens (tertiary/aromatic N) is 3. The number of rotatable bonds is 4. The maximum absolute atomic E-state index is 12.6. The Balaban J connectivity index is 1.76. The van der Waals surface area contributed by atoms with E-state index in [1.165, 1.54) is 12.8 Å². The second-order valence-corrected chi connectivity index (χ2v) is 7.50. The molecule has 5 heteroatoms. The second-order valence-electron chi connectivity index (χ2n) is 7.50. The highest BCUT2D eigenvalue weighted by Gasteiger charge is 2.30. The normalized spacial score (nSPS) is 19.6. The molecule has 1 aromatic heterocycles. The van der Waals surface area contributed by atoms with Crippen LogP contribution in [0.15, 0.2) is 24.3 Å². The molecular formula is C19H28N4O. The van der Waals surface area contributed by atoms with E-state index in [1.807, 2.05) is 37.7 Å². The Labute approximate surface area is 144 Å². The molecule has 1 amide bonds. The largest absolute Gasteiger partial charge is 0.345 e. The Morgan fingerprint density at radius 3 is 2.79 bits per heavy atom. The number of carbonyl (C=O) groups excluding carboxylic acids is 1. The van der Waals surface area contributed by atoms with Gasteiger partial charge in [-0.25, -0.2) is 0 Å². The summed E-state index contributed by atoms with van der Waals surface area (Å²) in [7, 11) is 4.06. The first-order valence-electron chi connectivity index (χ1n) is 8.82. The van der Waals surface area contributed by atoms with E-state index in [0.29, 0.717) is 12.5 Å². The Morgan fingerprint density at radius 1 is 1.29 bits per heavy atom. The SMILES string of the molecule is CN1CCCCC1CC(=O)NC(C)(C)c1nn(C)c2ccccc12. The highest BCUT2D eigenvalue weighted by molar-refractivity contribution is 5.84. The van der Waals surface area contributed by atoms with Gasteiger partial charge in [0.2, 0.25) is 5.91 Å². The van der Waals surface area contributed by atoms with E-state index >= 15 is 0 Å². The number of fused-ring (bicyclic) bond motifs is 1. The van der Waals surface area contributed by atoms with Gasteiger partial charge in [-0.2, -0.15) is 5.10 Å². The standard InChI is InChI=1S/C19H28N4O/c1-19(2,18-15-10-5-6-11-16(15)23(4)21-18)20-17(24)13-14-9-7-8-12-22(14)3/h5-6,10-11,14H,7-9,12-13H2,1-4H3,(H,20,24). The van der Waals surface area contributed by atoms with Crippen LogP contribution in [0.4, 0.5) is 0 Å². The first-order valence-corrected chi connectivity index (χ1v) is 8.82. The van der Waals surface area contributed by atoms with Crippen molar-refractivity contribution in [1.29, 1.82) is 0 Å². The summed E-state index contributed by atoms with van der Waals surface area (Å²) in [4.78, 5) is 14.9. The Morgan fingerprint density at radius 2 is 2.04 bits per heavy atom. The molecule has 1 saturated heterocycles. The van der Waals surface area contributed by atoms with Crippen molar-refractivity contribution >= 4 is 16.8 Å². The number of para-hydroxylation sites is 1. The van der Waals surface area contributed by atoms with Gasteiger partial charge in [0.05, 0.1) is 16.7 Å². The van der Waals surface area contributed by atoms with Crippen molar-refractivity contribution in [2.75, 3.05) is 13.6 Å². The van der Waals surface area contributed by atoms with Crippen LogP contribution in [0.5, 0.6) is 0 Å². The average Bonchev–Trinajstić information content (AvgIpc) is 2.88. The molecule has 1 unspecified atom stereocenters. The Hall–Kier alpha value is -1.88. The molecule has 130 valence electrons. The summed E-state index contributed by atoms with van der Waals surface area (Å²) in [6, 6.07) is 8.51. The topological polar surface area (TPSA) is 50.2 Å². The third kappa shape index (κ3) is 3.31. The third-order valence-electron chi connectivity index (χ3n) is 5.14. The first-order chi connectivity index (χ1) is 11.4. The molecule has 5 nitrogen and oxygen atoms in total. The van der Waals surface area contributed by atoms with Gasteiger partial charge < -0.3 is 10.2 Å². The van der Waals surface area contributed by atoms with E-state index in [4.69, 9.17) is 0 Å². The zero-order chi connectivity index (χ0) is 17.3. The molecule has 1 fully saturated rings. The zero-order valence-electron chi connectivity index (χ0n) is 15.2. The van der Waals surface area contributed by atoms with Crippen LogP contribution in [-0.4, -0.2) is 40.2 Å². The molecule has 1 N–H and O–H groups in total. The molecule has 2 heterocycles. The molecule has 0 spiro atoms. The molecule has 3 rings (SSSR count). The van der Waals surface area contributed by atoms with Crippen LogP contribution in [0.2, 0.25) is 0 Å². The van der Waals surface area contributed by atoms with Crippen LogP contribution < -0.4 is 5.32 Å². The Kier molecular flexibility index (Phi) is 4.63. The third-order valence-corrected chi connectivity index (χ3v) is 5.14. The lowest BCUT2D eigenvalue weighted by Crippen LogP contribution is -2.45. The number of aromatic nitrogens is 2. The number of aryl methyl sites for hydroxylation is 1. The number of benzene rings is 1. The lowest BCUT2D eigenvalue weighted by molar-refractivity contribution is -0.124. The number of carbonyl (C=O) groups is 1. The Bertz CT molecular complexity index is 734. The number of amides is 1. The minimum atomic E-state index is -0.495. The lowest BCUT2D eigenvalue weighted by atomic mass is 9.95. The van der Waals surface area contributed by atoms with Crippen LogP contribution in [0.25, 0.3) is 10.9 Å². The van der Waals surface area contributed by atoms with E-state index in [9.17, 15) is 4.79 Å². The van der Waals surface area contributed by atoms with Crippen LogP contribution in [0.3, 0.4) is 0 Å². The minimum absolute atomic E-state index is 0.105.